The Bertz CT molecular complexity index is 883. The first-order chi connectivity index (χ1) is 14.7. The van der Waals surface area contributed by atoms with Crippen molar-refractivity contribution in [1.29, 1.82) is 0 Å². The third kappa shape index (κ3) is 7.25. The van der Waals surface area contributed by atoms with E-state index >= 15 is 0 Å². The van der Waals surface area contributed by atoms with Crippen LogP contribution in [0.4, 0.5) is 5.69 Å². The van der Waals surface area contributed by atoms with E-state index in [0.717, 1.165) is 26.2 Å². The highest BCUT2D eigenvalue weighted by atomic mass is 32.2. The van der Waals surface area contributed by atoms with Crippen molar-refractivity contribution < 1.29 is 30.0 Å². The van der Waals surface area contributed by atoms with Crippen LogP contribution in [0.25, 0.3) is 0 Å². The molecule has 1 fully saturated rings. The molecule has 31 heavy (non-hydrogen) atoms. The number of nitrogens with one attached hydrogen (secondary N) is 1. The lowest BCUT2D eigenvalue weighted by Gasteiger charge is -2.31. The molecule has 1 heterocycles. The van der Waals surface area contributed by atoms with Gasteiger partial charge < -0.3 is 30.6 Å². The highest BCUT2D eigenvalue weighted by Crippen LogP contribution is 2.37. The Balaban J connectivity index is 0.000000291. The molecular formula is C22H28N2O6S. The quantitative estimate of drug-likeness (QED) is 0.448. The molecule has 0 bridgehead atoms. The van der Waals surface area contributed by atoms with Crippen LogP contribution in [-0.2, 0) is 9.59 Å². The van der Waals surface area contributed by atoms with Gasteiger partial charge >= 0.3 is 11.9 Å². The second-order valence-electron chi connectivity index (χ2n) is 7.14. The minimum absolute atomic E-state index is 1.07. The lowest BCUT2D eigenvalue weighted by molar-refractivity contribution is -0.165. The van der Waals surface area contributed by atoms with Crippen LogP contribution in [0.1, 0.15) is 11.1 Å². The summed E-state index contributed by atoms with van der Waals surface area (Å²) < 4.78 is 0. The summed E-state index contributed by atoms with van der Waals surface area (Å²) in [5.41, 5.74) is 4.05. The molecule has 8 nitrogen and oxygen atoms in total. The summed E-state index contributed by atoms with van der Waals surface area (Å²) in [6, 6.07) is 15.5. The average molecular weight is 449 g/mol. The number of rotatable bonds is 6. The molecule has 2 aromatic carbocycles. The van der Waals surface area contributed by atoms with E-state index in [1.165, 1.54) is 26.6 Å². The second-order valence-corrected chi connectivity index (χ2v) is 8.23. The van der Waals surface area contributed by atoms with E-state index in [2.05, 4.69) is 66.5 Å². The van der Waals surface area contributed by atoms with Crippen molar-refractivity contribution in [2.45, 2.75) is 35.8 Å². The fraction of sp³-hybridized carbons (Fsp3) is 0.364. The Morgan fingerprint density at radius 2 is 1.52 bits per heavy atom. The summed E-state index contributed by atoms with van der Waals surface area (Å²) in [6.45, 7) is 8.67. The third-order valence-corrected chi connectivity index (χ3v) is 5.92. The van der Waals surface area contributed by atoms with Crippen LogP contribution in [0, 0.1) is 13.8 Å². The number of nitrogens with zero attached hydrogens (tertiary/aromatic N) is 1. The molecule has 9 heteroatoms. The second kappa shape index (κ2) is 11.7. The molecule has 2 unspecified atom stereocenters. The van der Waals surface area contributed by atoms with Crippen LogP contribution in [0.3, 0.4) is 0 Å². The van der Waals surface area contributed by atoms with Crippen molar-refractivity contribution in [3.05, 3.63) is 53.6 Å². The van der Waals surface area contributed by atoms with Crippen molar-refractivity contribution in [1.82, 2.24) is 5.32 Å². The van der Waals surface area contributed by atoms with Gasteiger partial charge in [-0.1, -0.05) is 41.6 Å². The molecule has 0 spiro atoms. The van der Waals surface area contributed by atoms with Gasteiger partial charge in [0.2, 0.25) is 0 Å². The number of aliphatic hydroxyl groups is 2. The van der Waals surface area contributed by atoms with Crippen molar-refractivity contribution in [2.75, 3.05) is 31.1 Å². The van der Waals surface area contributed by atoms with Gasteiger partial charge in [-0.05, 0) is 37.6 Å². The number of hydrogen-bond donors (Lipinski definition) is 5. The van der Waals surface area contributed by atoms with Crippen molar-refractivity contribution in [2.24, 2.45) is 0 Å². The summed E-state index contributed by atoms with van der Waals surface area (Å²) in [7, 11) is 0. The zero-order chi connectivity index (χ0) is 23.0. The first kappa shape index (κ1) is 24.7. The fourth-order valence-electron chi connectivity index (χ4n) is 3.01. The van der Waals surface area contributed by atoms with Crippen molar-refractivity contribution in [3.63, 3.8) is 0 Å². The number of aliphatic hydroxyl groups excluding tert-OH is 2. The smallest absolute Gasteiger partial charge is 0.335 e. The lowest BCUT2D eigenvalue weighted by Crippen LogP contribution is -2.43. The Kier molecular flexibility index (Phi) is 9.32. The summed E-state index contributed by atoms with van der Waals surface area (Å²) in [5, 5.41) is 35.9. The van der Waals surface area contributed by atoms with E-state index in [1.807, 2.05) is 11.8 Å². The van der Waals surface area contributed by atoms with Gasteiger partial charge in [0.05, 0.1) is 5.69 Å². The van der Waals surface area contributed by atoms with Gasteiger partial charge in [-0.25, -0.2) is 9.59 Å². The minimum Gasteiger partial charge on any atom is -0.479 e. The number of carbonyl (C=O) groups is 2. The molecule has 0 amide bonds. The van der Waals surface area contributed by atoms with Crippen LogP contribution in [-0.4, -0.2) is 70.8 Å². The summed E-state index contributed by atoms with van der Waals surface area (Å²) in [4.78, 5) is 24.7. The molecule has 5 N–H and O–H groups in total. The van der Waals surface area contributed by atoms with Crippen molar-refractivity contribution >= 4 is 29.4 Å². The van der Waals surface area contributed by atoms with E-state index in [1.54, 1.807) is 0 Å². The standard InChI is InChI=1S/C18H22N2S.C4H6O6/c1-14-7-8-17(15(2)13-14)21-18-6-4-3-5-16(18)20-11-9-19-10-12-20;5-1(3(7)8)2(6)4(9)10/h3-8,13,19H,9-12H2,1-2H3;1-2,5-6H,(H,7,8)(H,9,10). The Hall–Kier alpha value is -2.59. The Morgan fingerprint density at radius 1 is 0.935 bits per heavy atom. The SMILES string of the molecule is Cc1ccc(Sc2ccccc2N2CCNCC2)c(C)c1.O=C(O)C(O)C(O)C(=O)O. The number of aryl methyl sites for hydroxylation is 2. The van der Waals surface area contributed by atoms with E-state index in [4.69, 9.17) is 20.4 Å². The first-order valence-corrected chi connectivity index (χ1v) is 10.6. The van der Waals surface area contributed by atoms with E-state index in [0.29, 0.717) is 0 Å². The maximum atomic E-state index is 9.77. The summed E-state index contributed by atoms with van der Waals surface area (Å²) >= 11 is 1.88. The predicted octanol–water partition coefficient (Wildman–Crippen LogP) is 1.74. The van der Waals surface area contributed by atoms with Crippen molar-refractivity contribution in [3.8, 4) is 0 Å². The molecule has 168 valence electrons. The number of piperazine rings is 1. The molecule has 0 radical (unpaired) electrons. The number of hydrogen-bond acceptors (Lipinski definition) is 7. The number of benzene rings is 2. The van der Waals surface area contributed by atoms with Gasteiger partial charge in [0.15, 0.2) is 12.2 Å². The van der Waals surface area contributed by atoms with Gasteiger partial charge in [0.1, 0.15) is 0 Å². The van der Waals surface area contributed by atoms with E-state index < -0.39 is 24.1 Å². The predicted molar refractivity (Wildman–Crippen MR) is 119 cm³/mol. The summed E-state index contributed by atoms with van der Waals surface area (Å²) in [5.74, 6) is -3.54. The topological polar surface area (TPSA) is 130 Å². The van der Waals surface area contributed by atoms with Crippen LogP contribution in [0.2, 0.25) is 0 Å². The molecule has 0 saturated carbocycles. The normalized spacial score (nSPS) is 15.4. The van der Waals surface area contributed by atoms with Crippen LogP contribution in [0.15, 0.2) is 52.3 Å². The molecule has 2 atom stereocenters. The molecule has 0 aliphatic carbocycles. The monoisotopic (exact) mass is 448 g/mol. The fourth-order valence-corrected chi connectivity index (χ4v) is 4.05. The molecule has 2 aromatic rings. The van der Waals surface area contributed by atoms with Crippen LogP contribution in [0.5, 0.6) is 0 Å². The number of carboxylic acids is 2. The number of anilines is 1. The number of para-hydroxylation sites is 1. The summed E-state index contributed by atoms with van der Waals surface area (Å²) in [6.07, 6.45) is -4.53. The lowest BCUT2D eigenvalue weighted by atomic mass is 10.2. The Morgan fingerprint density at radius 3 is 2.06 bits per heavy atom. The van der Waals surface area contributed by atoms with Gasteiger partial charge in [-0.2, -0.15) is 0 Å². The zero-order valence-electron chi connectivity index (χ0n) is 17.5. The van der Waals surface area contributed by atoms with Gasteiger partial charge in [-0.15, -0.1) is 0 Å². The van der Waals surface area contributed by atoms with E-state index in [-0.39, 0.29) is 0 Å². The third-order valence-electron chi connectivity index (χ3n) is 4.68. The zero-order valence-corrected chi connectivity index (χ0v) is 18.3. The molecule has 1 saturated heterocycles. The van der Waals surface area contributed by atoms with Crippen LogP contribution < -0.4 is 10.2 Å². The number of aliphatic carboxylic acids is 2. The van der Waals surface area contributed by atoms with Gasteiger partial charge in [-0.3, -0.25) is 0 Å². The van der Waals surface area contributed by atoms with Crippen LogP contribution >= 0.6 is 11.8 Å². The van der Waals surface area contributed by atoms with E-state index in [9.17, 15) is 9.59 Å². The average Bonchev–Trinajstić information content (AvgIpc) is 2.76. The maximum Gasteiger partial charge on any atom is 0.335 e. The Labute approximate surface area is 185 Å². The molecule has 1 aliphatic rings. The van der Waals surface area contributed by atoms with Gasteiger partial charge in [0.25, 0.3) is 0 Å². The number of carboxylic acid groups (broad SMARTS) is 2. The highest BCUT2D eigenvalue weighted by molar-refractivity contribution is 7.99. The molecule has 0 aromatic heterocycles. The molecular weight excluding hydrogens is 420 g/mol. The van der Waals surface area contributed by atoms with Gasteiger partial charge in [0, 0.05) is 36.0 Å². The maximum absolute atomic E-state index is 9.77. The molecule has 3 rings (SSSR count). The largest absolute Gasteiger partial charge is 0.479 e. The minimum atomic E-state index is -2.27. The first-order valence-electron chi connectivity index (χ1n) is 9.82. The molecule has 1 aliphatic heterocycles. The highest BCUT2D eigenvalue weighted by Gasteiger charge is 2.29.